The number of thiophene rings is 1. The van der Waals surface area contributed by atoms with E-state index >= 15 is 0 Å². The van der Waals surface area contributed by atoms with E-state index in [1.165, 1.54) is 6.08 Å². The van der Waals surface area contributed by atoms with E-state index in [4.69, 9.17) is 21.1 Å². The molecule has 1 heterocycles. The van der Waals surface area contributed by atoms with Crippen molar-refractivity contribution in [2.24, 2.45) is 0 Å². The van der Waals surface area contributed by atoms with E-state index in [0.717, 1.165) is 22.6 Å². The molecular weight excluding hydrogens is 324 g/mol. The number of ketones is 1. The minimum Gasteiger partial charge on any atom is -0.497 e. The summed E-state index contributed by atoms with van der Waals surface area (Å²) in [6.07, 6.45) is 2.88. The second kappa shape index (κ2) is 7.77. The lowest BCUT2D eigenvalue weighted by molar-refractivity contribution is -0.136. The van der Waals surface area contributed by atoms with E-state index < -0.39 is 5.97 Å². The van der Waals surface area contributed by atoms with E-state index in [9.17, 15) is 9.59 Å². The third-order valence-electron chi connectivity index (χ3n) is 2.72. The SMILES string of the molecule is COc1ccc(C=CC(=O)OCC(=O)c2ccc(Cl)s2)cc1. The van der Waals surface area contributed by atoms with Crippen molar-refractivity contribution < 1.29 is 19.1 Å². The maximum atomic E-state index is 11.7. The highest BCUT2D eigenvalue weighted by Gasteiger charge is 2.10. The van der Waals surface area contributed by atoms with E-state index in [-0.39, 0.29) is 12.4 Å². The number of rotatable bonds is 6. The number of methoxy groups -OCH3 is 1. The van der Waals surface area contributed by atoms with Gasteiger partial charge in [0.25, 0.3) is 0 Å². The Balaban J connectivity index is 1.84. The Bertz CT molecular complexity index is 688. The number of ether oxygens (including phenoxy) is 2. The number of hydrogen-bond acceptors (Lipinski definition) is 5. The highest BCUT2D eigenvalue weighted by molar-refractivity contribution is 7.18. The Morgan fingerprint density at radius 2 is 1.91 bits per heavy atom. The van der Waals surface area contributed by atoms with Gasteiger partial charge in [0, 0.05) is 6.08 Å². The molecule has 0 atom stereocenters. The molecule has 0 amide bonds. The van der Waals surface area contributed by atoms with Crippen molar-refractivity contribution in [3.8, 4) is 5.75 Å². The molecule has 0 spiro atoms. The maximum absolute atomic E-state index is 11.7. The molecule has 0 bridgehead atoms. The molecule has 1 aromatic carbocycles. The van der Waals surface area contributed by atoms with Crippen LogP contribution in [-0.2, 0) is 9.53 Å². The lowest BCUT2D eigenvalue weighted by atomic mass is 10.2. The van der Waals surface area contributed by atoms with Crippen molar-refractivity contribution >= 4 is 40.8 Å². The summed E-state index contributed by atoms with van der Waals surface area (Å²) in [5, 5.41) is 0. The fourth-order valence-corrected chi connectivity index (χ4v) is 2.57. The van der Waals surface area contributed by atoms with E-state index in [1.54, 1.807) is 49.6 Å². The van der Waals surface area contributed by atoms with Crippen LogP contribution in [0.4, 0.5) is 0 Å². The van der Waals surface area contributed by atoms with Crippen LogP contribution in [0.3, 0.4) is 0 Å². The Labute approximate surface area is 136 Å². The normalized spacial score (nSPS) is 10.6. The number of carbonyl (C=O) groups excluding carboxylic acids is 2. The summed E-state index contributed by atoms with van der Waals surface area (Å²) in [6.45, 7) is -0.303. The number of benzene rings is 1. The number of carbonyl (C=O) groups is 2. The first-order valence-electron chi connectivity index (χ1n) is 6.36. The summed E-state index contributed by atoms with van der Waals surface area (Å²) >= 11 is 6.90. The predicted octanol–water partition coefficient (Wildman–Crippen LogP) is 3.85. The molecule has 0 N–H and O–H groups in total. The van der Waals surface area contributed by atoms with E-state index in [2.05, 4.69) is 0 Å². The molecule has 0 fully saturated rings. The molecule has 1 aromatic heterocycles. The number of esters is 1. The van der Waals surface area contributed by atoms with Gasteiger partial charge in [-0.15, -0.1) is 11.3 Å². The largest absolute Gasteiger partial charge is 0.497 e. The minimum atomic E-state index is -0.577. The van der Waals surface area contributed by atoms with Gasteiger partial charge in [-0.05, 0) is 35.9 Å². The van der Waals surface area contributed by atoms with E-state index in [1.807, 2.05) is 0 Å². The molecule has 0 radical (unpaired) electrons. The summed E-state index contributed by atoms with van der Waals surface area (Å²) in [6, 6.07) is 10.4. The lowest BCUT2D eigenvalue weighted by Crippen LogP contribution is -2.11. The fraction of sp³-hybridized carbons (Fsp3) is 0.125. The van der Waals surface area contributed by atoms with Crippen molar-refractivity contribution in [3.63, 3.8) is 0 Å². The zero-order chi connectivity index (χ0) is 15.9. The zero-order valence-electron chi connectivity index (χ0n) is 11.7. The number of halogens is 1. The molecule has 0 aliphatic carbocycles. The van der Waals surface area contributed by atoms with Gasteiger partial charge in [-0.1, -0.05) is 23.7 Å². The van der Waals surface area contributed by atoms with Crippen molar-refractivity contribution in [3.05, 3.63) is 57.3 Å². The first-order valence-corrected chi connectivity index (χ1v) is 7.55. The van der Waals surface area contributed by atoms with Crippen LogP contribution in [0.1, 0.15) is 15.2 Å². The second-order valence-electron chi connectivity index (χ2n) is 4.24. The van der Waals surface area contributed by atoms with Gasteiger partial charge in [0.15, 0.2) is 6.61 Å². The van der Waals surface area contributed by atoms with Crippen LogP contribution in [0, 0.1) is 0 Å². The van der Waals surface area contributed by atoms with Crippen LogP contribution in [0.5, 0.6) is 5.75 Å². The van der Waals surface area contributed by atoms with Gasteiger partial charge in [0.2, 0.25) is 5.78 Å². The van der Waals surface area contributed by atoms with Gasteiger partial charge in [-0.2, -0.15) is 0 Å². The van der Waals surface area contributed by atoms with E-state index in [0.29, 0.717) is 9.21 Å². The van der Waals surface area contributed by atoms with Crippen LogP contribution in [0.2, 0.25) is 4.34 Å². The molecule has 4 nitrogen and oxygen atoms in total. The molecule has 0 saturated heterocycles. The van der Waals surface area contributed by atoms with Crippen molar-refractivity contribution in [2.45, 2.75) is 0 Å². The molecule has 0 aliphatic heterocycles. The summed E-state index contributed by atoms with van der Waals surface area (Å²) in [4.78, 5) is 23.8. The summed E-state index contributed by atoms with van der Waals surface area (Å²) < 4.78 is 10.5. The van der Waals surface area contributed by atoms with Gasteiger partial charge in [-0.25, -0.2) is 4.79 Å². The summed E-state index contributed by atoms with van der Waals surface area (Å²) in [7, 11) is 1.58. The first kappa shape index (κ1) is 16.3. The lowest BCUT2D eigenvalue weighted by Gasteiger charge is -2.00. The molecule has 114 valence electrons. The molecule has 2 rings (SSSR count). The first-order chi connectivity index (χ1) is 10.6. The Hall–Kier alpha value is -2.11. The minimum absolute atomic E-state index is 0.275. The summed E-state index contributed by atoms with van der Waals surface area (Å²) in [5.74, 6) is -0.116. The standard InChI is InChI=1S/C16H13ClO4S/c1-20-12-5-2-11(3-6-12)4-9-16(19)21-10-13(18)14-7-8-15(17)22-14/h2-9H,10H2,1H3. The molecule has 0 unspecified atom stereocenters. The molecule has 0 aliphatic rings. The zero-order valence-corrected chi connectivity index (χ0v) is 13.3. The van der Waals surface area contributed by atoms with Crippen LogP contribution < -0.4 is 4.74 Å². The molecule has 2 aromatic rings. The average Bonchev–Trinajstić information content (AvgIpc) is 2.97. The molecule has 22 heavy (non-hydrogen) atoms. The smallest absolute Gasteiger partial charge is 0.331 e. The number of hydrogen-bond donors (Lipinski definition) is 0. The predicted molar refractivity (Wildman–Crippen MR) is 86.6 cm³/mol. The van der Waals surface area contributed by atoms with Gasteiger partial charge in [0.05, 0.1) is 16.3 Å². The highest BCUT2D eigenvalue weighted by atomic mass is 35.5. The van der Waals surface area contributed by atoms with Gasteiger partial charge < -0.3 is 9.47 Å². The van der Waals surface area contributed by atoms with Gasteiger partial charge in [-0.3, -0.25) is 4.79 Å². The number of Topliss-reactive ketones (excluding diaryl/α,β-unsaturated/α-hetero) is 1. The fourth-order valence-electron chi connectivity index (χ4n) is 1.60. The maximum Gasteiger partial charge on any atom is 0.331 e. The van der Waals surface area contributed by atoms with Gasteiger partial charge >= 0.3 is 5.97 Å². The quantitative estimate of drug-likeness (QED) is 0.457. The molecular formula is C16H13ClO4S. The Kier molecular flexibility index (Phi) is 5.75. The average molecular weight is 337 g/mol. The van der Waals surface area contributed by atoms with Gasteiger partial charge in [0.1, 0.15) is 5.75 Å². The van der Waals surface area contributed by atoms with Crippen molar-refractivity contribution in [2.75, 3.05) is 13.7 Å². The van der Waals surface area contributed by atoms with Crippen LogP contribution in [0.25, 0.3) is 6.08 Å². The van der Waals surface area contributed by atoms with Crippen LogP contribution in [-0.4, -0.2) is 25.5 Å². The van der Waals surface area contributed by atoms with Crippen LogP contribution >= 0.6 is 22.9 Å². The molecule has 0 saturated carbocycles. The highest BCUT2D eigenvalue weighted by Crippen LogP contribution is 2.21. The monoisotopic (exact) mass is 336 g/mol. The third kappa shape index (κ3) is 4.72. The molecule has 6 heteroatoms. The Morgan fingerprint density at radius 1 is 1.18 bits per heavy atom. The topological polar surface area (TPSA) is 52.6 Å². The summed E-state index contributed by atoms with van der Waals surface area (Å²) in [5.41, 5.74) is 0.828. The third-order valence-corrected chi connectivity index (χ3v) is 3.99. The van der Waals surface area contributed by atoms with Crippen molar-refractivity contribution in [1.29, 1.82) is 0 Å². The Morgan fingerprint density at radius 3 is 2.50 bits per heavy atom. The second-order valence-corrected chi connectivity index (χ2v) is 5.96. The van der Waals surface area contributed by atoms with Crippen LogP contribution in [0.15, 0.2) is 42.5 Å². The van der Waals surface area contributed by atoms with Crippen molar-refractivity contribution in [1.82, 2.24) is 0 Å².